The molecule has 0 unspecified atom stereocenters. The molecule has 1 aromatic rings. The van der Waals surface area contributed by atoms with E-state index < -0.39 is 0 Å². The maximum absolute atomic E-state index is 4.53. The SMILES string of the molecule is Cc1nn(CCCCCCS)c(C)c1C. The Morgan fingerprint density at radius 2 is 1.73 bits per heavy atom. The second kappa shape index (κ2) is 6.21. The van der Waals surface area contributed by atoms with Crippen LogP contribution in [0.1, 0.15) is 42.6 Å². The number of hydrogen-bond donors (Lipinski definition) is 1. The maximum Gasteiger partial charge on any atom is 0.0625 e. The van der Waals surface area contributed by atoms with E-state index in [1.54, 1.807) is 0 Å². The molecule has 2 nitrogen and oxygen atoms in total. The van der Waals surface area contributed by atoms with Gasteiger partial charge in [0.2, 0.25) is 0 Å². The van der Waals surface area contributed by atoms with Gasteiger partial charge in [-0.15, -0.1) is 0 Å². The van der Waals surface area contributed by atoms with Gasteiger partial charge in [-0.3, -0.25) is 4.68 Å². The molecule has 0 N–H and O–H groups in total. The number of rotatable bonds is 6. The summed E-state index contributed by atoms with van der Waals surface area (Å²) in [4.78, 5) is 0. The standard InChI is InChI=1S/C12H22N2S/c1-10-11(2)13-14(12(10)3)8-6-4-5-7-9-15/h15H,4-9H2,1-3H3. The summed E-state index contributed by atoms with van der Waals surface area (Å²) < 4.78 is 2.14. The van der Waals surface area contributed by atoms with Gasteiger partial charge in [-0.25, -0.2) is 0 Å². The van der Waals surface area contributed by atoms with Crippen LogP contribution in [-0.4, -0.2) is 15.5 Å². The third-order valence-corrected chi connectivity index (χ3v) is 3.34. The van der Waals surface area contributed by atoms with Crippen LogP contribution in [0.4, 0.5) is 0 Å². The highest BCUT2D eigenvalue weighted by molar-refractivity contribution is 7.80. The Hall–Kier alpha value is -0.440. The van der Waals surface area contributed by atoms with Gasteiger partial charge in [0.15, 0.2) is 0 Å². The Labute approximate surface area is 98.5 Å². The molecule has 1 aromatic heterocycles. The molecular weight excluding hydrogens is 204 g/mol. The molecule has 15 heavy (non-hydrogen) atoms. The van der Waals surface area contributed by atoms with Crippen LogP contribution in [0.5, 0.6) is 0 Å². The number of aryl methyl sites for hydroxylation is 2. The molecule has 0 bridgehead atoms. The van der Waals surface area contributed by atoms with E-state index in [9.17, 15) is 0 Å². The van der Waals surface area contributed by atoms with E-state index in [1.165, 1.54) is 42.6 Å². The summed E-state index contributed by atoms with van der Waals surface area (Å²) >= 11 is 4.21. The van der Waals surface area contributed by atoms with Crippen molar-refractivity contribution in [3.05, 3.63) is 17.0 Å². The smallest absolute Gasteiger partial charge is 0.0625 e. The van der Waals surface area contributed by atoms with Crippen molar-refractivity contribution in [3.8, 4) is 0 Å². The lowest BCUT2D eigenvalue weighted by Gasteiger charge is -2.04. The lowest BCUT2D eigenvalue weighted by Crippen LogP contribution is -2.02. The van der Waals surface area contributed by atoms with E-state index in [0.717, 1.165) is 12.3 Å². The quantitative estimate of drug-likeness (QED) is 0.582. The second-order valence-corrected chi connectivity index (χ2v) is 4.60. The van der Waals surface area contributed by atoms with E-state index in [0.29, 0.717) is 0 Å². The Bertz CT molecular complexity index is 305. The monoisotopic (exact) mass is 226 g/mol. The molecule has 0 saturated carbocycles. The molecule has 0 saturated heterocycles. The van der Waals surface area contributed by atoms with Crippen molar-refractivity contribution in [3.63, 3.8) is 0 Å². The van der Waals surface area contributed by atoms with Gasteiger partial charge < -0.3 is 0 Å². The average molecular weight is 226 g/mol. The first-order valence-corrected chi connectivity index (χ1v) is 6.41. The first-order valence-electron chi connectivity index (χ1n) is 5.78. The van der Waals surface area contributed by atoms with Gasteiger partial charge in [0.25, 0.3) is 0 Å². The fraction of sp³-hybridized carbons (Fsp3) is 0.750. The van der Waals surface area contributed by atoms with Gasteiger partial charge in [0.05, 0.1) is 5.69 Å². The number of unbranched alkanes of at least 4 members (excludes halogenated alkanes) is 3. The summed E-state index contributed by atoms with van der Waals surface area (Å²) in [5.74, 6) is 1.01. The van der Waals surface area contributed by atoms with Crippen molar-refractivity contribution in [1.82, 2.24) is 9.78 Å². The summed E-state index contributed by atoms with van der Waals surface area (Å²) in [6, 6.07) is 0. The van der Waals surface area contributed by atoms with Gasteiger partial charge in [-0.05, 0) is 44.9 Å². The van der Waals surface area contributed by atoms with Gasteiger partial charge in [0.1, 0.15) is 0 Å². The predicted octanol–water partition coefficient (Wildman–Crippen LogP) is 3.30. The molecule has 0 aliphatic heterocycles. The highest BCUT2D eigenvalue weighted by Gasteiger charge is 2.05. The molecule has 0 aliphatic carbocycles. The molecule has 0 spiro atoms. The molecule has 86 valence electrons. The van der Waals surface area contributed by atoms with Gasteiger partial charge in [-0.1, -0.05) is 12.8 Å². The normalized spacial score (nSPS) is 10.9. The second-order valence-electron chi connectivity index (χ2n) is 4.16. The fourth-order valence-electron chi connectivity index (χ4n) is 1.73. The van der Waals surface area contributed by atoms with Crippen LogP contribution >= 0.6 is 12.6 Å². The van der Waals surface area contributed by atoms with Crippen molar-refractivity contribution in [2.45, 2.75) is 53.0 Å². The first kappa shape index (κ1) is 12.6. The minimum Gasteiger partial charge on any atom is -0.269 e. The lowest BCUT2D eigenvalue weighted by molar-refractivity contribution is 0.530. The Morgan fingerprint density at radius 3 is 2.27 bits per heavy atom. The zero-order chi connectivity index (χ0) is 11.3. The van der Waals surface area contributed by atoms with E-state index in [1.807, 2.05) is 0 Å². The van der Waals surface area contributed by atoms with Crippen LogP contribution in [0.2, 0.25) is 0 Å². The van der Waals surface area contributed by atoms with Gasteiger partial charge in [0, 0.05) is 12.2 Å². The Balaban J connectivity index is 2.34. The molecule has 0 amide bonds. The van der Waals surface area contributed by atoms with E-state index in [-0.39, 0.29) is 0 Å². The lowest BCUT2D eigenvalue weighted by atomic mass is 10.2. The maximum atomic E-state index is 4.53. The molecule has 0 aromatic carbocycles. The highest BCUT2D eigenvalue weighted by Crippen LogP contribution is 2.12. The molecule has 3 heteroatoms. The number of aromatic nitrogens is 2. The summed E-state index contributed by atoms with van der Waals surface area (Å²) in [5, 5.41) is 4.53. The van der Waals surface area contributed by atoms with E-state index in [4.69, 9.17) is 0 Å². The minimum atomic E-state index is 1.01. The molecule has 0 radical (unpaired) electrons. The van der Waals surface area contributed by atoms with Crippen LogP contribution in [0.3, 0.4) is 0 Å². The molecular formula is C12H22N2S. The highest BCUT2D eigenvalue weighted by atomic mass is 32.1. The zero-order valence-electron chi connectivity index (χ0n) is 10.1. The minimum absolute atomic E-state index is 1.01. The topological polar surface area (TPSA) is 17.8 Å². The third-order valence-electron chi connectivity index (χ3n) is 3.02. The number of nitrogens with zero attached hydrogens (tertiary/aromatic N) is 2. The Kier molecular flexibility index (Phi) is 5.23. The summed E-state index contributed by atoms with van der Waals surface area (Å²) in [5.41, 5.74) is 3.83. The summed E-state index contributed by atoms with van der Waals surface area (Å²) in [7, 11) is 0. The average Bonchev–Trinajstić information content (AvgIpc) is 2.46. The number of hydrogen-bond acceptors (Lipinski definition) is 2. The van der Waals surface area contributed by atoms with E-state index in [2.05, 4.69) is 43.2 Å². The zero-order valence-corrected chi connectivity index (χ0v) is 11.0. The molecule has 1 heterocycles. The van der Waals surface area contributed by atoms with Crippen LogP contribution in [0.25, 0.3) is 0 Å². The third kappa shape index (κ3) is 3.56. The predicted molar refractivity (Wildman–Crippen MR) is 68.8 cm³/mol. The molecule has 0 aliphatic rings. The van der Waals surface area contributed by atoms with Crippen molar-refractivity contribution < 1.29 is 0 Å². The van der Waals surface area contributed by atoms with Crippen molar-refractivity contribution in [2.24, 2.45) is 0 Å². The van der Waals surface area contributed by atoms with Crippen LogP contribution in [0, 0.1) is 20.8 Å². The fourth-order valence-corrected chi connectivity index (χ4v) is 1.95. The van der Waals surface area contributed by atoms with Gasteiger partial charge >= 0.3 is 0 Å². The van der Waals surface area contributed by atoms with Crippen LogP contribution in [-0.2, 0) is 6.54 Å². The number of thiol groups is 1. The van der Waals surface area contributed by atoms with E-state index >= 15 is 0 Å². The van der Waals surface area contributed by atoms with Gasteiger partial charge in [-0.2, -0.15) is 17.7 Å². The first-order chi connectivity index (χ1) is 7.16. The van der Waals surface area contributed by atoms with Crippen LogP contribution < -0.4 is 0 Å². The molecule has 0 fully saturated rings. The summed E-state index contributed by atoms with van der Waals surface area (Å²) in [6.07, 6.45) is 5.05. The van der Waals surface area contributed by atoms with Crippen molar-refractivity contribution >= 4 is 12.6 Å². The molecule has 0 atom stereocenters. The largest absolute Gasteiger partial charge is 0.269 e. The Morgan fingerprint density at radius 1 is 1.07 bits per heavy atom. The molecule has 1 rings (SSSR count). The van der Waals surface area contributed by atoms with Crippen molar-refractivity contribution in [2.75, 3.05) is 5.75 Å². The van der Waals surface area contributed by atoms with Crippen molar-refractivity contribution in [1.29, 1.82) is 0 Å². The summed E-state index contributed by atoms with van der Waals surface area (Å²) in [6.45, 7) is 7.45. The van der Waals surface area contributed by atoms with Crippen LogP contribution in [0.15, 0.2) is 0 Å².